The van der Waals surface area contributed by atoms with E-state index in [1.54, 1.807) is 6.92 Å². The Morgan fingerprint density at radius 1 is 1.28 bits per heavy atom. The highest BCUT2D eigenvalue weighted by Crippen LogP contribution is 2.16. The molecule has 0 rings (SSSR count). The van der Waals surface area contributed by atoms with Crippen molar-refractivity contribution < 1.29 is 23.6 Å². The van der Waals surface area contributed by atoms with Crippen molar-refractivity contribution in [1.29, 1.82) is 0 Å². The summed E-state index contributed by atoms with van der Waals surface area (Å²) in [5.41, 5.74) is 0.289. The second-order valence-electron chi connectivity index (χ2n) is 3.86. The van der Waals surface area contributed by atoms with Gasteiger partial charge in [-0.1, -0.05) is 6.92 Å². The maximum atomic E-state index is 10.7. The summed E-state index contributed by atoms with van der Waals surface area (Å²) < 4.78 is 11.2. The van der Waals surface area contributed by atoms with Crippen molar-refractivity contribution in [1.82, 2.24) is 5.06 Å². The monoisotopic (exact) mass is 279 g/mol. The molecule has 0 saturated carbocycles. The third kappa shape index (κ3) is 6.95. The molecule has 0 aliphatic heterocycles. The molecule has 0 aromatic carbocycles. The maximum absolute atomic E-state index is 10.7. The van der Waals surface area contributed by atoms with Gasteiger partial charge in [-0.05, 0) is 32.7 Å². The van der Waals surface area contributed by atoms with E-state index in [0.29, 0.717) is 26.4 Å². The Morgan fingerprint density at radius 2 is 1.83 bits per heavy atom. The molecule has 18 heavy (non-hydrogen) atoms. The highest BCUT2D eigenvalue weighted by atomic mass is 28.3. The summed E-state index contributed by atoms with van der Waals surface area (Å²) in [6.07, 6.45) is -0.325. The van der Waals surface area contributed by atoms with Gasteiger partial charge in [-0.3, -0.25) is 4.84 Å². The highest BCUT2D eigenvalue weighted by Gasteiger charge is 2.22. The van der Waals surface area contributed by atoms with Gasteiger partial charge in [-0.2, -0.15) is 5.06 Å². The van der Waals surface area contributed by atoms with Crippen LogP contribution in [0.1, 0.15) is 34.1 Å². The quantitative estimate of drug-likeness (QED) is 0.489. The van der Waals surface area contributed by atoms with Gasteiger partial charge in [0.05, 0.1) is 6.61 Å². The van der Waals surface area contributed by atoms with E-state index in [-0.39, 0.29) is 5.54 Å². The van der Waals surface area contributed by atoms with Gasteiger partial charge >= 0.3 is 15.4 Å². The minimum atomic E-state index is -1.67. The van der Waals surface area contributed by atoms with Gasteiger partial charge in [0.1, 0.15) is 0 Å². The number of amides is 1. The van der Waals surface area contributed by atoms with Crippen LogP contribution in [0.2, 0.25) is 5.54 Å². The average Bonchev–Trinajstić information content (AvgIpc) is 2.33. The van der Waals surface area contributed by atoms with Gasteiger partial charge in [0.25, 0.3) is 0 Å². The molecular weight excluding hydrogens is 254 g/mol. The van der Waals surface area contributed by atoms with Crippen molar-refractivity contribution in [3.05, 3.63) is 0 Å². The molecular formula is C11H25NO5Si. The maximum Gasteiger partial charge on any atom is 0.431 e. The molecule has 0 saturated heterocycles. The molecule has 0 spiro atoms. The molecule has 1 N–H and O–H groups in total. The van der Waals surface area contributed by atoms with Crippen LogP contribution in [0.3, 0.4) is 0 Å². The molecule has 0 aromatic heterocycles. The summed E-state index contributed by atoms with van der Waals surface area (Å²) >= 11 is 0. The molecule has 7 heteroatoms. The summed E-state index contributed by atoms with van der Waals surface area (Å²) in [5, 5.41) is 9.71. The summed E-state index contributed by atoms with van der Waals surface area (Å²) in [6.45, 7) is 9.68. The predicted molar refractivity (Wildman–Crippen MR) is 70.8 cm³/mol. The molecule has 1 atom stereocenters. The molecule has 108 valence electrons. The van der Waals surface area contributed by atoms with Crippen molar-refractivity contribution in [2.24, 2.45) is 0 Å². The standard InChI is InChI=1S/C11H25NO5Si/c1-5-12(11(13)14)15-9-8-10(4)18(16-6-2)17-7-3/h10,18H,5-9H2,1-4H3,(H,13,14). The van der Waals surface area contributed by atoms with Gasteiger partial charge in [-0.25, -0.2) is 4.79 Å². The summed E-state index contributed by atoms with van der Waals surface area (Å²) in [5.74, 6) is 0. The largest absolute Gasteiger partial charge is 0.463 e. The van der Waals surface area contributed by atoms with E-state index in [9.17, 15) is 4.79 Å². The lowest BCUT2D eigenvalue weighted by molar-refractivity contribution is -0.128. The zero-order chi connectivity index (χ0) is 14.0. The number of carboxylic acid groups (broad SMARTS) is 1. The molecule has 0 aliphatic rings. The number of hydrogen-bond acceptors (Lipinski definition) is 4. The fraction of sp³-hybridized carbons (Fsp3) is 0.909. The zero-order valence-electron chi connectivity index (χ0n) is 11.7. The zero-order valence-corrected chi connectivity index (χ0v) is 12.9. The van der Waals surface area contributed by atoms with Crippen LogP contribution in [0.15, 0.2) is 0 Å². The number of hydroxylamine groups is 2. The van der Waals surface area contributed by atoms with Crippen molar-refractivity contribution in [2.45, 2.75) is 39.7 Å². The smallest absolute Gasteiger partial charge is 0.431 e. The number of nitrogens with zero attached hydrogens (tertiary/aromatic N) is 1. The van der Waals surface area contributed by atoms with Gasteiger partial charge in [0.15, 0.2) is 0 Å². The lowest BCUT2D eigenvalue weighted by atomic mass is 10.3. The van der Waals surface area contributed by atoms with Crippen LogP contribution in [0.4, 0.5) is 4.79 Å². The Balaban J connectivity index is 3.98. The SMILES string of the molecule is CCO[SiH](OCC)C(C)CCON(CC)C(=O)O. The first-order chi connectivity index (χ1) is 8.56. The lowest BCUT2D eigenvalue weighted by Gasteiger charge is -2.22. The molecule has 0 aliphatic carbocycles. The van der Waals surface area contributed by atoms with Crippen LogP contribution in [0.25, 0.3) is 0 Å². The highest BCUT2D eigenvalue weighted by molar-refractivity contribution is 6.46. The van der Waals surface area contributed by atoms with E-state index in [0.717, 1.165) is 11.5 Å². The number of rotatable bonds is 10. The van der Waals surface area contributed by atoms with Crippen LogP contribution < -0.4 is 0 Å². The molecule has 0 fully saturated rings. The Morgan fingerprint density at radius 3 is 2.22 bits per heavy atom. The van der Waals surface area contributed by atoms with Crippen LogP contribution in [0.5, 0.6) is 0 Å². The second kappa shape index (κ2) is 10.3. The molecule has 1 unspecified atom stereocenters. The molecule has 6 nitrogen and oxygen atoms in total. The molecule has 0 bridgehead atoms. The van der Waals surface area contributed by atoms with Crippen molar-refractivity contribution in [3.63, 3.8) is 0 Å². The van der Waals surface area contributed by atoms with Crippen LogP contribution in [-0.4, -0.2) is 51.9 Å². The average molecular weight is 279 g/mol. The third-order valence-electron chi connectivity index (χ3n) is 2.45. The van der Waals surface area contributed by atoms with Gasteiger partial charge in [-0.15, -0.1) is 0 Å². The van der Waals surface area contributed by atoms with Gasteiger partial charge in [0.2, 0.25) is 0 Å². The van der Waals surface area contributed by atoms with Crippen LogP contribution in [0, 0.1) is 0 Å². The summed E-state index contributed by atoms with van der Waals surface area (Å²) in [7, 11) is -1.67. The molecule has 0 radical (unpaired) electrons. The fourth-order valence-electron chi connectivity index (χ4n) is 1.47. The molecule has 0 aromatic rings. The van der Waals surface area contributed by atoms with Gasteiger partial charge in [0, 0.05) is 19.8 Å². The Kier molecular flexibility index (Phi) is 9.94. The van der Waals surface area contributed by atoms with Crippen LogP contribution in [-0.2, 0) is 13.7 Å². The van der Waals surface area contributed by atoms with E-state index >= 15 is 0 Å². The predicted octanol–water partition coefficient (Wildman–Crippen LogP) is 1.99. The first-order valence-electron chi connectivity index (χ1n) is 6.43. The summed E-state index contributed by atoms with van der Waals surface area (Å²) in [6, 6.07) is 0. The Labute approximate surface area is 111 Å². The second-order valence-corrected chi connectivity index (χ2v) is 6.40. The van der Waals surface area contributed by atoms with E-state index in [4.69, 9.17) is 18.8 Å². The lowest BCUT2D eigenvalue weighted by Crippen LogP contribution is -2.32. The number of carbonyl (C=O) groups is 1. The molecule has 0 heterocycles. The number of hydrogen-bond donors (Lipinski definition) is 1. The van der Waals surface area contributed by atoms with Crippen molar-refractivity contribution in [3.8, 4) is 0 Å². The van der Waals surface area contributed by atoms with Crippen LogP contribution >= 0.6 is 0 Å². The van der Waals surface area contributed by atoms with Gasteiger partial charge < -0.3 is 14.0 Å². The Bertz CT molecular complexity index is 223. The fourth-order valence-corrected chi connectivity index (χ4v) is 3.29. The minimum absolute atomic E-state index is 0.289. The normalized spacial score (nSPS) is 12.7. The van der Waals surface area contributed by atoms with E-state index in [1.807, 2.05) is 13.8 Å². The topological polar surface area (TPSA) is 68.2 Å². The summed E-state index contributed by atoms with van der Waals surface area (Å²) in [4.78, 5) is 15.9. The van der Waals surface area contributed by atoms with E-state index in [1.165, 1.54) is 0 Å². The van der Waals surface area contributed by atoms with E-state index < -0.39 is 15.4 Å². The first-order valence-corrected chi connectivity index (χ1v) is 8.04. The van der Waals surface area contributed by atoms with E-state index in [2.05, 4.69) is 6.92 Å². The Hall–Kier alpha value is -0.633. The molecule has 1 amide bonds. The van der Waals surface area contributed by atoms with Crippen molar-refractivity contribution in [2.75, 3.05) is 26.4 Å². The minimum Gasteiger partial charge on any atom is -0.463 e. The first kappa shape index (κ1) is 17.4. The third-order valence-corrected chi connectivity index (χ3v) is 5.03. The van der Waals surface area contributed by atoms with Crippen molar-refractivity contribution >= 4 is 15.4 Å².